The first-order valence-electron chi connectivity index (χ1n) is 5.95. The predicted octanol–water partition coefficient (Wildman–Crippen LogP) is 2.81. The summed E-state index contributed by atoms with van der Waals surface area (Å²) in [7, 11) is 0. The van der Waals surface area contributed by atoms with Crippen molar-refractivity contribution in [2.75, 3.05) is 18.4 Å². The Labute approximate surface area is 121 Å². The van der Waals surface area contributed by atoms with Gasteiger partial charge in [0.25, 0.3) is 0 Å². The van der Waals surface area contributed by atoms with Crippen LogP contribution in [0.4, 0.5) is 10.5 Å². The van der Waals surface area contributed by atoms with Gasteiger partial charge in [-0.3, -0.25) is 0 Å². The Bertz CT molecular complexity index is 554. The average Bonchev–Trinajstić information content (AvgIpc) is 2.39. The topological polar surface area (TPSA) is 93.4 Å². The number of carboxylic acids is 1. The van der Waals surface area contributed by atoms with Crippen molar-refractivity contribution in [3.63, 3.8) is 0 Å². The van der Waals surface area contributed by atoms with Gasteiger partial charge in [-0.2, -0.15) is 5.26 Å². The van der Waals surface area contributed by atoms with E-state index in [2.05, 4.69) is 5.32 Å². The van der Waals surface area contributed by atoms with Crippen LogP contribution in [0.2, 0.25) is 5.02 Å². The third-order valence-electron chi connectivity index (χ3n) is 2.62. The number of hydrogen-bond donors (Lipinski definition) is 2. The summed E-state index contributed by atoms with van der Waals surface area (Å²) in [5.41, 5.74) is 0.0875. The van der Waals surface area contributed by atoms with Crippen LogP contribution in [0.5, 0.6) is 0 Å². The molecule has 0 unspecified atom stereocenters. The largest absolute Gasteiger partial charge is 0.478 e. The van der Waals surface area contributed by atoms with Crippen molar-refractivity contribution in [1.29, 1.82) is 5.26 Å². The van der Waals surface area contributed by atoms with Crippen LogP contribution in [0.3, 0.4) is 0 Å². The quantitative estimate of drug-likeness (QED) is 0.873. The highest BCUT2D eigenvalue weighted by Gasteiger charge is 2.16. The van der Waals surface area contributed by atoms with E-state index in [-0.39, 0.29) is 24.2 Å². The second-order valence-corrected chi connectivity index (χ2v) is 4.35. The minimum absolute atomic E-state index is 0.0425. The SMILES string of the molecule is CCN(CCC#N)C(=O)Nc1cc(Cl)ccc1C(=O)O. The number of amides is 2. The van der Waals surface area contributed by atoms with Crippen molar-refractivity contribution in [3.05, 3.63) is 28.8 Å². The lowest BCUT2D eigenvalue weighted by Gasteiger charge is -2.20. The zero-order chi connectivity index (χ0) is 15.1. The Morgan fingerprint density at radius 3 is 2.75 bits per heavy atom. The van der Waals surface area contributed by atoms with Gasteiger partial charge in [0.2, 0.25) is 0 Å². The van der Waals surface area contributed by atoms with Gasteiger partial charge < -0.3 is 15.3 Å². The van der Waals surface area contributed by atoms with Crippen LogP contribution in [0.1, 0.15) is 23.7 Å². The molecule has 20 heavy (non-hydrogen) atoms. The normalized spacial score (nSPS) is 9.65. The summed E-state index contributed by atoms with van der Waals surface area (Å²) in [4.78, 5) is 24.5. The molecular weight excluding hydrogens is 282 g/mol. The van der Waals surface area contributed by atoms with Gasteiger partial charge in [-0.1, -0.05) is 11.6 Å². The minimum Gasteiger partial charge on any atom is -0.478 e. The van der Waals surface area contributed by atoms with Crippen LogP contribution >= 0.6 is 11.6 Å². The summed E-state index contributed by atoms with van der Waals surface area (Å²) in [6.07, 6.45) is 0.211. The Hall–Kier alpha value is -2.26. The number of hydrogen-bond acceptors (Lipinski definition) is 3. The summed E-state index contributed by atoms with van der Waals surface area (Å²) in [6.45, 7) is 2.46. The molecule has 1 aromatic carbocycles. The van der Waals surface area contributed by atoms with E-state index in [0.29, 0.717) is 11.6 Å². The lowest BCUT2D eigenvalue weighted by molar-refractivity contribution is 0.0698. The van der Waals surface area contributed by atoms with Crippen molar-refractivity contribution >= 4 is 29.3 Å². The van der Waals surface area contributed by atoms with E-state index in [4.69, 9.17) is 22.0 Å². The Kier molecular flexibility index (Phi) is 5.81. The highest BCUT2D eigenvalue weighted by atomic mass is 35.5. The van der Waals surface area contributed by atoms with E-state index in [0.717, 1.165) is 0 Å². The van der Waals surface area contributed by atoms with E-state index in [1.807, 2.05) is 6.07 Å². The fourth-order valence-corrected chi connectivity index (χ4v) is 1.76. The first-order chi connectivity index (χ1) is 9.49. The third-order valence-corrected chi connectivity index (χ3v) is 2.85. The van der Waals surface area contributed by atoms with Gasteiger partial charge in [0, 0.05) is 18.1 Å². The van der Waals surface area contributed by atoms with Crippen LogP contribution in [-0.4, -0.2) is 35.1 Å². The zero-order valence-electron chi connectivity index (χ0n) is 10.9. The highest BCUT2D eigenvalue weighted by molar-refractivity contribution is 6.31. The molecule has 0 saturated carbocycles. The van der Waals surface area contributed by atoms with Crippen molar-refractivity contribution in [1.82, 2.24) is 4.90 Å². The second-order valence-electron chi connectivity index (χ2n) is 3.91. The van der Waals surface area contributed by atoms with Gasteiger partial charge in [-0.25, -0.2) is 9.59 Å². The minimum atomic E-state index is -1.16. The number of urea groups is 1. The van der Waals surface area contributed by atoms with Crippen LogP contribution in [0, 0.1) is 11.3 Å². The molecule has 106 valence electrons. The van der Waals surface area contributed by atoms with Gasteiger partial charge in [0.15, 0.2) is 0 Å². The molecule has 0 bridgehead atoms. The van der Waals surface area contributed by atoms with Gasteiger partial charge in [-0.15, -0.1) is 0 Å². The number of carbonyl (C=O) groups excluding carboxylic acids is 1. The maximum atomic E-state index is 12.0. The number of rotatable bonds is 5. The van der Waals surface area contributed by atoms with Crippen LogP contribution in [-0.2, 0) is 0 Å². The van der Waals surface area contributed by atoms with Crippen molar-refractivity contribution in [2.45, 2.75) is 13.3 Å². The van der Waals surface area contributed by atoms with Gasteiger partial charge in [0.1, 0.15) is 0 Å². The van der Waals surface area contributed by atoms with E-state index < -0.39 is 12.0 Å². The Balaban J connectivity index is 2.91. The molecule has 0 heterocycles. The number of carboxylic acid groups (broad SMARTS) is 1. The number of halogens is 1. The molecule has 0 aliphatic heterocycles. The maximum absolute atomic E-state index is 12.0. The van der Waals surface area contributed by atoms with E-state index in [9.17, 15) is 9.59 Å². The van der Waals surface area contributed by atoms with E-state index in [1.54, 1.807) is 6.92 Å². The molecule has 0 radical (unpaired) electrons. The molecule has 2 amide bonds. The molecule has 0 fully saturated rings. The van der Waals surface area contributed by atoms with E-state index >= 15 is 0 Å². The van der Waals surface area contributed by atoms with Crippen LogP contribution in [0.25, 0.3) is 0 Å². The number of carbonyl (C=O) groups is 2. The fraction of sp³-hybridized carbons (Fsp3) is 0.308. The average molecular weight is 296 g/mol. The number of aromatic carboxylic acids is 1. The summed E-state index contributed by atoms with van der Waals surface area (Å²) in [6, 6.07) is 5.63. The molecule has 0 aromatic heterocycles. The lowest BCUT2D eigenvalue weighted by Crippen LogP contribution is -2.35. The molecular formula is C13H14ClN3O3. The number of nitrogens with one attached hydrogen (secondary N) is 1. The molecule has 2 N–H and O–H groups in total. The zero-order valence-corrected chi connectivity index (χ0v) is 11.6. The smallest absolute Gasteiger partial charge is 0.337 e. The highest BCUT2D eigenvalue weighted by Crippen LogP contribution is 2.21. The van der Waals surface area contributed by atoms with Gasteiger partial charge in [-0.05, 0) is 25.1 Å². The molecule has 0 saturated heterocycles. The summed E-state index contributed by atoms with van der Waals surface area (Å²) in [5.74, 6) is -1.16. The number of nitrogens with zero attached hydrogens (tertiary/aromatic N) is 2. The third kappa shape index (κ3) is 4.14. The van der Waals surface area contributed by atoms with Gasteiger partial charge >= 0.3 is 12.0 Å². The summed E-state index contributed by atoms with van der Waals surface area (Å²) >= 11 is 5.80. The Morgan fingerprint density at radius 2 is 2.20 bits per heavy atom. The van der Waals surface area contributed by atoms with Crippen LogP contribution in [0.15, 0.2) is 18.2 Å². The van der Waals surface area contributed by atoms with E-state index in [1.165, 1.54) is 23.1 Å². The van der Waals surface area contributed by atoms with Crippen molar-refractivity contribution in [3.8, 4) is 6.07 Å². The molecule has 6 nitrogen and oxygen atoms in total. The first-order valence-corrected chi connectivity index (χ1v) is 6.33. The Morgan fingerprint density at radius 1 is 1.50 bits per heavy atom. The molecule has 1 rings (SSSR count). The lowest BCUT2D eigenvalue weighted by atomic mass is 10.2. The molecule has 0 atom stereocenters. The van der Waals surface area contributed by atoms with Crippen molar-refractivity contribution in [2.24, 2.45) is 0 Å². The van der Waals surface area contributed by atoms with Crippen LogP contribution < -0.4 is 5.32 Å². The summed E-state index contributed by atoms with van der Waals surface area (Å²) in [5, 5.41) is 20.4. The number of benzene rings is 1. The fourth-order valence-electron chi connectivity index (χ4n) is 1.59. The standard InChI is InChI=1S/C13H14ClN3O3/c1-2-17(7-3-6-15)13(20)16-11-8-9(14)4-5-10(11)12(18)19/h4-5,8H,2-3,7H2,1H3,(H,16,20)(H,18,19). The van der Waals surface area contributed by atoms with Crippen molar-refractivity contribution < 1.29 is 14.7 Å². The molecule has 0 spiro atoms. The maximum Gasteiger partial charge on any atom is 0.337 e. The first kappa shape index (κ1) is 15.8. The molecule has 0 aliphatic carbocycles. The predicted molar refractivity (Wildman–Crippen MR) is 74.9 cm³/mol. The number of anilines is 1. The molecule has 1 aromatic rings. The molecule has 0 aliphatic rings. The number of nitriles is 1. The summed E-state index contributed by atoms with van der Waals surface area (Å²) < 4.78 is 0. The second kappa shape index (κ2) is 7.36. The monoisotopic (exact) mass is 295 g/mol. The van der Waals surface area contributed by atoms with Gasteiger partial charge in [0.05, 0.1) is 23.7 Å². The molecule has 7 heteroatoms.